The third kappa shape index (κ3) is 4.50. The predicted octanol–water partition coefficient (Wildman–Crippen LogP) is 5.27. The Hall–Kier alpha value is -3.93. The first-order valence-electron chi connectivity index (χ1n) is 9.25. The minimum Gasteiger partial charge on any atom is -0.457 e. The van der Waals surface area contributed by atoms with E-state index in [9.17, 15) is 0 Å². The van der Waals surface area contributed by atoms with Gasteiger partial charge in [-0.3, -0.25) is 4.98 Å². The average Bonchev–Trinajstić information content (AvgIpc) is 2.69. The molecule has 0 amide bonds. The van der Waals surface area contributed by atoms with Crippen molar-refractivity contribution in [2.24, 2.45) is 0 Å². The van der Waals surface area contributed by atoms with Crippen LogP contribution in [0, 0.1) is 13.8 Å². The van der Waals surface area contributed by atoms with Gasteiger partial charge in [-0.1, -0.05) is 24.3 Å². The van der Waals surface area contributed by atoms with E-state index in [1.165, 1.54) is 0 Å². The van der Waals surface area contributed by atoms with Gasteiger partial charge < -0.3 is 15.8 Å². The van der Waals surface area contributed by atoms with Crippen LogP contribution in [0.4, 0.5) is 17.5 Å². The molecule has 29 heavy (non-hydrogen) atoms. The van der Waals surface area contributed by atoms with Gasteiger partial charge in [0, 0.05) is 35.3 Å². The lowest BCUT2D eigenvalue weighted by molar-refractivity contribution is 0.481. The maximum atomic E-state index is 5.94. The van der Waals surface area contributed by atoms with E-state index in [4.69, 9.17) is 10.5 Å². The third-order valence-corrected chi connectivity index (χ3v) is 4.40. The standard InChI is InChI=1S/C23H21N5O/c1-15-5-3-4-6-20(15)21-14-22(28-23(24)27-21)26-17-7-9-18(10-8-17)29-19-11-12-25-16(2)13-19/h3-14H,1-2H3,(H3,24,26,27,28). The van der Waals surface area contributed by atoms with Crippen LogP contribution in [0.25, 0.3) is 11.3 Å². The number of aryl methyl sites for hydroxylation is 2. The minimum atomic E-state index is 0.223. The van der Waals surface area contributed by atoms with Crippen molar-refractivity contribution in [2.75, 3.05) is 11.1 Å². The molecule has 2 aromatic heterocycles. The summed E-state index contributed by atoms with van der Waals surface area (Å²) in [4.78, 5) is 12.8. The minimum absolute atomic E-state index is 0.223. The summed E-state index contributed by atoms with van der Waals surface area (Å²) in [5.41, 5.74) is 10.7. The number of nitrogens with zero attached hydrogens (tertiary/aromatic N) is 3. The molecule has 0 aliphatic heterocycles. The molecular formula is C23H21N5O. The molecule has 0 saturated carbocycles. The molecule has 0 aliphatic carbocycles. The molecule has 144 valence electrons. The lowest BCUT2D eigenvalue weighted by Gasteiger charge is -2.11. The first kappa shape index (κ1) is 18.4. The Morgan fingerprint density at radius 3 is 2.41 bits per heavy atom. The van der Waals surface area contributed by atoms with Gasteiger partial charge in [-0.2, -0.15) is 4.98 Å². The molecule has 0 atom stereocenters. The zero-order valence-corrected chi connectivity index (χ0v) is 16.3. The maximum Gasteiger partial charge on any atom is 0.222 e. The fraction of sp³-hybridized carbons (Fsp3) is 0.0870. The van der Waals surface area contributed by atoms with Crippen molar-refractivity contribution in [3.8, 4) is 22.8 Å². The number of nitrogens with one attached hydrogen (secondary N) is 1. The molecule has 0 unspecified atom stereocenters. The van der Waals surface area contributed by atoms with Gasteiger partial charge in [0.05, 0.1) is 5.69 Å². The summed E-state index contributed by atoms with van der Waals surface area (Å²) in [7, 11) is 0. The molecule has 0 fully saturated rings. The molecule has 4 aromatic rings. The van der Waals surface area contributed by atoms with E-state index in [2.05, 4.69) is 20.3 Å². The topological polar surface area (TPSA) is 86.0 Å². The molecule has 2 heterocycles. The van der Waals surface area contributed by atoms with E-state index in [0.29, 0.717) is 5.82 Å². The van der Waals surface area contributed by atoms with Crippen molar-refractivity contribution >= 4 is 17.5 Å². The first-order valence-corrected chi connectivity index (χ1v) is 9.25. The largest absolute Gasteiger partial charge is 0.457 e. The molecule has 0 spiro atoms. The zero-order chi connectivity index (χ0) is 20.2. The van der Waals surface area contributed by atoms with Crippen LogP contribution in [0.3, 0.4) is 0 Å². The van der Waals surface area contributed by atoms with Gasteiger partial charge in [0.2, 0.25) is 5.95 Å². The fourth-order valence-electron chi connectivity index (χ4n) is 3.00. The Bertz CT molecular complexity index is 1140. The SMILES string of the molecule is Cc1cc(Oc2ccc(Nc3cc(-c4ccccc4C)nc(N)n3)cc2)ccn1. The molecule has 3 N–H and O–H groups in total. The summed E-state index contributed by atoms with van der Waals surface area (Å²) in [6.07, 6.45) is 1.73. The summed E-state index contributed by atoms with van der Waals surface area (Å²) in [5, 5.41) is 3.28. The number of pyridine rings is 1. The number of hydrogen-bond acceptors (Lipinski definition) is 6. The van der Waals surface area contributed by atoms with Gasteiger partial charge in [-0.15, -0.1) is 0 Å². The van der Waals surface area contributed by atoms with E-state index in [1.807, 2.05) is 80.6 Å². The highest BCUT2D eigenvalue weighted by Crippen LogP contribution is 2.27. The number of rotatable bonds is 5. The Morgan fingerprint density at radius 1 is 0.862 bits per heavy atom. The number of hydrogen-bond donors (Lipinski definition) is 2. The second-order valence-corrected chi connectivity index (χ2v) is 6.70. The van der Waals surface area contributed by atoms with E-state index in [0.717, 1.165) is 39.7 Å². The molecule has 4 rings (SSSR count). The fourth-order valence-corrected chi connectivity index (χ4v) is 3.00. The second-order valence-electron chi connectivity index (χ2n) is 6.70. The van der Waals surface area contributed by atoms with Crippen LogP contribution < -0.4 is 15.8 Å². The predicted molar refractivity (Wildman–Crippen MR) is 115 cm³/mol. The van der Waals surface area contributed by atoms with Crippen LogP contribution in [0.1, 0.15) is 11.3 Å². The monoisotopic (exact) mass is 383 g/mol. The highest BCUT2D eigenvalue weighted by molar-refractivity contribution is 5.69. The average molecular weight is 383 g/mol. The smallest absolute Gasteiger partial charge is 0.222 e. The van der Waals surface area contributed by atoms with Crippen LogP contribution in [-0.4, -0.2) is 15.0 Å². The molecule has 6 heteroatoms. The van der Waals surface area contributed by atoms with Crippen LogP contribution in [0.5, 0.6) is 11.5 Å². The Labute approximate surface area is 169 Å². The number of nitrogens with two attached hydrogens (primary N) is 1. The quantitative estimate of drug-likeness (QED) is 0.488. The van der Waals surface area contributed by atoms with Crippen LogP contribution in [-0.2, 0) is 0 Å². The summed E-state index contributed by atoms with van der Waals surface area (Å²) in [5.74, 6) is 2.35. The lowest BCUT2D eigenvalue weighted by atomic mass is 10.1. The summed E-state index contributed by atoms with van der Waals surface area (Å²) >= 11 is 0. The Morgan fingerprint density at radius 2 is 1.66 bits per heavy atom. The van der Waals surface area contributed by atoms with Crippen LogP contribution in [0.15, 0.2) is 72.9 Å². The van der Waals surface area contributed by atoms with Crippen LogP contribution in [0.2, 0.25) is 0 Å². The Kier molecular flexibility index (Phi) is 5.07. The molecule has 0 bridgehead atoms. The number of ether oxygens (including phenoxy) is 1. The highest BCUT2D eigenvalue weighted by atomic mass is 16.5. The maximum absolute atomic E-state index is 5.94. The normalized spacial score (nSPS) is 10.6. The van der Waals surface area contributed by atoms with Crippen molar-refractivity contribution in [3.05, 3.63) is 84.2 Å². The van der Waals surface area contributed by atoms with Crippen molar-refractivity contribution in [2.45, 2.75) is 13.8 Å². The van der Waals surface area contributed by atoms with E-state index in [1.54, 1.807) is 6.20 Å². The van der Waals surface area contributed by atoms with Gasteiger partial charge in [-0.25, -0.2) is 4.98 Å². The first-order chi connectivity index (χ1) is 14.1. The number of aromatic nitrogens is 3. The van der Waals surface area contributed by atoms with Crippen molar-refractivity contribution in [3.63, 3.8) is 0 Å². The molecule has 2 aromatic carbocycles. The summed E-state index contributed by atoms with van der Waals surface area (Å²) in [6, 6.07) is 21.3. The number of benzene rings is 2. The van der Waals surface area contributed by atoms with Gasteiger partial charge in [0.1, 0.15) is 17.3 Å². The lowest BCUT2D eigenvalue weighted by Crippen LogP contribution is -2.02. The van der Waals surface area contributed by atoms with Gasteiger partial charge in [-0.05, 0) is 49.7 Å². The van der Waals surface area contributed by atoms with Gasteiger partial charge >= 0.3 is 0 Å². The molecule has 0 aliphatic rings. The Balaban J connectivity index is 1.53. The van der Waals surface area contributed by atoms with Crippen molar-refractivity contribution in [1.29, 1.82) is 0 Å². The summed E-state index contributed by atoms with van der Waals surface area (Å²) < 4.78 is 5.86. The van der Waals surface area contributed by atoms with Crippen molar-refractivity contribution in [1.82, 2.24) is 15.0 Å². The number of nitrogen functional groups attached to an aromatic ring is 1. The van der Waals surface area contributed by atoms with Crippen molar-refractivity contribution < 1.29 is 4.74 Å². The third-order valence-electron chi connectivity index (χ3n) is 4.40. The molecule has 0 saturated heterocycles. The van der Waals surface area contributed by atoms with Gasteiger partial charge in [0.25, 0.3) is 0 Å². The van der Waals surface area contributed by atoms with Gasteiger partial charge in [0.15, 0.2) is 0 Å². The van der Waals surface area contributed by atoms with E-state index >= 15 is 0 Å². The number of anilines is 3. The molecule has 0 radical (unpaired) electrons. The highest BCUT2D eigenvalue weighted by Gasteiger charge is 2.08. The molecular weight excluding hydrogens is 362 g/mol. The summed E-state index contributed by atoms with van der Waals surface area (Å²) in [6.45, 7) is 3.97. The van der Waals surface area contributed by atoms with E-state index < -0.39 is 0 Å². The van der Waals surface area contributed by atoms with E-state index in [-0.39, 0.29) is 5.95 Å². The zero-order valence-electron chi connectivity index (χ0n) is 16.3. The molecule has 6 nitrogen and oxygen atoms in total. The second kappa shape index (κ2) is 7.98. The van der Waals surface area contributed by atoms with Crippen LogP contribution >= 0.6 is 0 Å².